The van der Waals surface area contributed by atoms with Crippen molar-refractivity contribution in [1.82, 2.24) is 4.31 Å². The summed E-state index contributed by atoms with van der Waals surface area (Å²) in [5, 5.41) is 0.546. The third-order valence-electron chi connectivity index (χ3n) is 7.44. The number of hydrogen-bond donors (Lipinski definition) is 1. The molecule has 0 bridgehead atoms. The number of primary amides is 1. The number of carbonyl (C=O) groups excluding carboxylic acids is 2. The molecule has 3 aromatic carbocycles. The Balaban J connectivity index is 1.85. The lowest BCUT2D eigenvalue weighted by Gasteiger charge is -2.37. The van der Waals surface area contributed by atoms with Crippen molar-refractivity contribution >= 4 is 44.9 Å². The van der Waals surface area contributed by atoms with Gasteiger partial charge in [0, 0.05) is 24.0 Å². The summed E-state index contributed by atoms with van der Waals surface area (Å²) in [7, 11) is -4.12. The summed E-state index contributed by atoms with van der Waals surface area (Å²) >= 11 is 12.6. The summed E-state index contributed by atoms with van der Waals surface area (Å²) in [6, 6.07) is 19.3. The maximum absolute atomic E-state index is 14.4. The second kappa shape index (κ2) is 12.1. The molecule has 0 spiro atoms. The molecule has 0 saturated heterocycles. The zero-order chi connectivity index (χ0) is 30.1. The highest BCUT2D eigenvalue weighted by Crippen LogP contribution is 2.47. The van der Waals surface area contributed by atoms with Crippen LogP contribution in [-0.2, 0) is 26.0 Å². The van der Waals surface area contributed by atoms with Crippen LogP contribution in [0.25, 0.3) is 0 Å². The maximum atomic E-state index is 14.4. The Morgan fingerprint density at radius 3 is 2.17 bits per heavy atom. The summed E-state index contributed by atoms with van der Waals surface area (Å²) in [5.41, 5.74) is 7.41. The minimum Gasteiger partial charge on any atom is -0.369 e. The van der Waals surface area contributed by atoms with Crippen molar-refractivity contribution in [2.45, 2.75) is 57.5 Å². The van der Waals surface area contributed by atoms with E-state index >= 15 is 0 Å². The molecule has 0 saturated carbocycles. The molecule has 4 rings (SSSR count). The third-order valence-corrected chi connectivity index (χ3v) is 10.2. The quantitative estimate of drug-likeness (QED) is 0.291. The van der Waals surface area contributed by atoms with Crippen LogP contribution in [0.5, 0.6) is 0 Å². The topological polar surface area (TPSA) is 97.5 Å². The van der Waals surface area contributed by atoms with Gasteiger partial charge in [-0.05, 0) is 53.6 Å². The zero-order valence-corrected chi connectivity index (χ0v) is 25.8. The first-order chi connectivity index (χ1) is 19.2. The van der Waals surface area contributed by atoms with E-state index in [1.165, 1.54) is 4.31 Å². The first-order valence-corrected chi connectivity index (χ1v) is 15.5. The van der Waals surface area contributed by atoms with Crippen molar-refractivity contribution in [3.8, 4) is 0 Å². The first kappa shape index (κ1) is 31.0. The molecule has 2 N–H and O–H groups in total. The van der Waals surface area contributed by atoms with Gasteiger partial charge in [-0.1, -0.05) is 105 Å². The minimum atomic E-state index is -4.12. The molecule has 0 aromatic heterocycles. The standard InChI is InChI=1S/C32H34Cl2N2O4S/c1-20-10-8-9-13-28(20)41(39,40)36-29(32(2,3)4)19-24(30(36)22-14-15-25(33)26(34)17-22)27(37)18-23(31(35)38)16-21-11-6-5-7-12-21/h5-15,17,19,23,29-30H,16,18H2,1-4H3,(H2,35,38)/t23-,29+,30+/m1/s1. The number of amides is 1. The van der Waals surface area contributed by atoms with E-state index in [4.69, 9.17) is 28.9 Å². The molecule has 3 aromatic rings. The van der Waals surface area contributed by atoms with Crippen LogP contribution in [0.15, 0.2) is 89.3 Å². The van der Waals surface area contributed by atoms with Crippen molar-refractivity contribution < 1.29 is 18.0 Å². The predicted molar refractivity (Wildman–Crippen MR) is 163 cm³/mol. The fraction of sp³-hybridized carbons (Fsp3) is 0.312. The number of Topliss-reactive ketones (excluding diaryl/α,β-unsaturated/α-hetero) is 1. The number of ketones is 1. The molecular formula is C32H34Cl2N2O4S. The Kier molecular flexibility index (Phi) is 9.14. The van der Waals surface area contributed by atoms with Gasteiger partial charge in [-0.15, -0.1) is 0 Å². The minimum absolute atomic E-state index is 0.153. The highest BCUT2D eigenvalue weighted by atomic mass is 35.5. The second-order valence-electron chi connectivity index (χ2n) is 11.5. The lowest BCUT2D eigenvalue weighted by molar-refractivity contribution is -0.126. The Morgan fingerprint density at radius 2 is 1.59 bits per heavy atom. The van der Waals surface area contributed by atoms with Gasteiger partial charge in [0.2, 0.25) is 15.9 Å². The van der Waals surface area contributed by atoms with Gasteiger partial charge in [0.05, 0.1) is 21.0 Å². The van der Waals surface area contributed by atoms with Gasteiger partial charge < -0.3 is 5.73 Å². The average molecular weight is 614 g/mol. The molecule has 9 heteroatoms. The number of aryl methyl sites for hydroxylation is 1. The monoisotopic (exact) mass is 612 g/mol. The van der Waals surface area contributed by atoms with E-state index < -0.39 is 39.3 Å². The summed E-state index contributed by atoms with van der Waals surface area (Å²) in [5.74, 6) is -1.71. The Bertz CT molecular complexity index is 1600. The van der Waals surface area contributed by atoms with Gasteiger partial charge in [0.1, 0.15) is 0 Å². The fourth-order valence-corrected chi connectivity index (χ4v) is 7.73. The largest absolute Gasteiger partial charge is 0.369 e. The van der Waals surface area contributed by atoms with E-state index in [1.54, 1.807) is 55.5 Å². The van der Waals surface area contributed by atoms with Crippen molar-refractivity contribution in [2.75, 3.05) is 0 Å². The maximum Gasteiger partial charge on any atom is 0.244 e. The number of carbonyl (C=O) groups is 2. The van der Waals surface area contributed by atoms with E-state index in [0.717, 1.165) is 5.56 Å². The van der Waals surface area contributed by atoms with Crippen LogP contribution in [0.2, 0.25) is 10.0 Å². The van der Waals surface area contributed by atoms with Gasteiger partial charge in [-0.2, -0.15) is 4.31 Å². The fourth-order valence-electron chi connectivity index (χ4n) is 5.28. The van der Waals surface area contributed by atoms with Crippen molar-refractivity contribution in [3.05, 3.63) is 111 Å². The molecule has 3 atom stereocenters. The van der Waals surface area contributed by atoms with Crippen LogP contribution in [0.1, 0.15) is 49.9 Å². The number of nitrogens with zero attached hydrogens (tertiary/aromatic N) is 1. The Hall–Kier alpha value is -2.97. The number of halogens is 2. The molecule has 1 amide bonds. The summed E-state index contributed by atoms with van der Waals surface area (Å²) < 4.78 is 30.3. The Morgan fingerprint density at radius 1 is 0.951 bits per heavy atom. The van der Waals surface area contributed by atoms with Gasteiger partial charge in [0.25, 0.3) is 0 Å². The molecule has 1 heterocycles. The van der Waals surface area contributed by atoms with E-state index in [9.17, 15) is 18.0 Å². The predicted octanol–water partition coefficient (Wildman–Crippen LogP) is 6.69. The smallest absolute Gasteiger partial charge is 0.244 e. The summed E-state index contributed by atoms with van der Waals surface area (Å²) in [6.45, 7) is 7.52. The van der Waals surface area contributed by atoms with Crippen molar-refractivity contribution in [2.24, 2.45) is 17.1 Å². The number of benzene rings is 3. The highest BCUT2D eigenvalue weighted by Gasteiger charge is 2.50. The lowest BCUT2D eigenvalue weighted by Crippen LogP contribution is -2.45. The van der Waals surface area contributed by atoms with Crippen LogP contribution in [0.4, 0.5) is 0 Å². The normalized spacial score (nSPS) is 18.6. The molecule has 0 unspecified atom stereocenters. The van der Waals surface area contributed by atoms with E-state index in [1.807, 2.05) is 51.1 Å². The van der Waals surface area contributed by atoms with Crippen LogP contribution >= 0.6 is 23.2 Å². The van der Waals surface area contributed by atoms with Crippen molar-refractivity contribution in [3.63, 3.8) is 0 Å². The van der Waals surface area contributed by atoms with E-state index in [-0.39, 0.29) is 27.7 Å². The number of sulfonamides is 1. The van der Waals surface area contributed by atoms with Crippen LogP contribution < -0.4 is 5.73 Å². The first-order valence-electron chi connectivity index (χ1n) is 13.3. The summed E-state index contributed by atoms with van der Waals surface area (Å²) in [4.78, 5) is 26.7. The molecule has 0 aliphatic carbocycles. The van der Waals surface area contributed by atoms with E-state index in [2.05, 4.69) is 0 Å². The average Bonchev–Trinajstić information content (AvgIpc) is 3.33. The number of nitrogens with two attached hydrogens (primary N) is 1. The zero-order valence-electron chi connectivity index (χ0n) is 23.5. The molecule has 216 valence electrons. The van der Waals surface area contributed by atoms with Crippen LogP contribution in [-0.4, -0.2) is 30.5 Å². The molecule has 0 radical (unpaired) electrons. The van der Waals surface area contributed by atoms with Gasteiger partial charge in [0.15, 0.2) is 5.78 Å². The second-order valence-corrected chi connectivity index (χ2v) is 14.2. The number of hydrogen-bond acceptors (Lipinski definition) is 4. The molecule has 6 nitrogen and oxygen atoms in total. The third kappa shape index (κ3) is 6.59. The SMILES string of the molecule is Cc1ccccc1S(=O)(=O)N1[C@@H](c2ccc(Cl)c(Cl)c2)C(C(=O)C[C@@H](Cc2ccccc2)C(N)=O)=C[C@H]1C(C)(C)C. The van der Waals surface area contributed by atoms with E-state index in [0.29, 0.717) is 22.6 Å². The lowest BCUT2D eigenvalue weighted by atomic mass is 9.86. The molecule has 0 fully saturated rings. The van der Waals surface area contributed by atoms with Crippen LogP contribution in [0.3, 0.4) is 0 Å². The molecule has 1 aliphatic heterocycles. The van der Waals surface area contributed by atoms with Gasteiger partial charge >= 0.3 is 0 Å². The Labute approximate surface area is 252 Å². The van der Waals surface area contributed by atoms with Crippen molar-refractivity contribution in [1.29, 1.82) is 0 Å². The number of rotatable bonds is 9. The van der Waals surface area contributed by atoms with Gasteiger partial charge in [-0.3, -0.25) is 9.59 Å². The molecule has 1 aliphatic rings. The summed E-state index contributed by atoms with van der Waals surface area (Å²) in [6.07, 6.45) is 1.86. The highest BCUT2D eigenvalue weighted by molar-refractivity contribution is 7.89. The molecule has 41 heavy (non-hydrogen) atoms. The molecular weight excluding hydrogens is 579 g/mol. The van der Waals surface area contributed by atoms with Crippen LogP contribution in [0, 0.1) is 18.3 Å². The van der Waals surface area contributed by atoms with Gasteiger partial charge in [-0.25, -0.2) is 8.42 Å².